The lowest BCUT2D eigenvalue weighted by Crippen LogP contribution is -2.17. The Balaban J connectivity index is 1.84. The Bertz CT molecular complexity index is 1020. The normalized spacial score (nSPS) is 19.9. The molecule has 1 aliphatic carbocycles. The van der Waals surface area contributed by atoms with E-state index in [1.807, 2.05) is 13.0 Å². The highest BCUT2D eigenvalue weighted by molar-refractivity contribution is 6.30. The van der Waals surface area contributed by atoms with Crippen LogP contribution in [0.25, 0.3) is 22.3 Å². The highest BCUT2D eigenvalue weighted by Gasteiger charge is 2.22. The van der Waals surface area contributed by atoms with Crippen molar-refractivity contribution in [1.29, 1.82) is 5.26 Å². The van der Waals surface area contributed by atoms with Crippen LogP contribution in [0.15, 0.2) is 24.7 Å². The number of aromatic nitrogens is 4. The molecular weight excluding hydrogens is 358 g/mol. The molecule has 1 aliphatic rings. The van der Waals surface area contributed by atoms with Crippen LogP contribution in [0.5, 0.6) is 0 Å². The van der Waals surface area contributed by atoms with Crippen molar-refractivity contribution in [1.82, 2.24) is 19.5 Å². The van der Waals surface area contributed by atoms with Gasteiger partial charge in [-0.25, -0.2) is 9.97 Å². The van der Waals surface area contributed by atoms with E-state index in [4.69, 9.17) is 11.6 Å². The lowest BCUT2D eigenvalue weighted by molar-refractivity contribution is 0.267. The first-order chi connectivity index (χ1) is 13.0. The van der Waals surface area contributed by atoms with Crippen LogP contribution in [0.1, 0.15) is 44.0 Å². The van der Waals surface area contributed by atoms with E-state index >= 15 is 0 Å². The molecule has 4 rings (SSSR count). The van der Waals surface area contributed by atoms with Gasteiger partial charge in [-0.1, -0.05) is 31.4 Å². The first-order valence-electron chi connectivity index (χ1n) is 9.43. The highest BCUT2D eigenvalue weighted by Crippen LogP contribution is 2.34. The van der Waals surface area contributed by atoms with Gasteiger partial charge < -0.3 is 4.57 Å². The van der Waals surface area contributed by atoms with E-state index in [9.17, 15) is 5.26 Å². The summed E-state index contributed by atoms with van der Waals surface area (Å²) in [6, 6.07) is 3.92. The number of rotatable bonds is 3. The third kappa shape index (κ3) is 3.54. The molecule has 0 spiro atoms. The van der Waals surface area contributed by atoms with Gasteiger partial charge in [0.05, 0.1) is 16.1 Å². The minimum Gasteiger partial charge on any atom is -0.344 e. The molecule has 138 valence electrons. The second-order valence-corrected chi connectivity index (χ2v) is 8.12. The van der Waals surface area contributed by atoms with E-state index in [2.05, 4.69) is 38.7 Å². The van der Waals surface area contributed by atoms with Crippen molar-refractivity contribution < 1.29 is 0 Å². The molecule has 0 N–H and O–H groups in total. The first-order valence-corrected chi connectivity index (χ1v) is 9.81. The van der Waals surface area contributed by atoms with Crippen LogP contribution >= 0.6 is 11.6 Å². The van der Waals surface area contributed by atoms with E-state index in [1.54, 1.807) is 12.4 Å². The maximum Gasteiger partial charge on any atom is 0.233 e. The van der Waals surface area contributed by atoms with Gasteiger partial charge in [-0.05, 0) is 43.2 Å². The first kappa shape index (κ1) is 17.9. The second-order valence-electron chi connectivity index (χ2n) is 7.69. The van der Waals surface area contributed by atoms with Gasteiger partial charge in [-0.3, -0.25) is 4.98 Å². The Hall–Kier alpha value is -2.45. The lowest BCUT2D eigenvalue weighted by Gasteiger charge is -2.26. The SMILES string of the molecule is Cc1cn(CC2CCC(C)CC2)c2c(-c3cncc(Cl)c3)nc(C#N)nc12. The van der Waals surface area contributed by atoms with Crippen LogP contribution in [-0.4, -0.2) is 19.5 Å². The Morgan fingerprint density at radius 1 is 1.22 bits per heavy atom. The monoisotopic (exact) mass is 379 g/mol. The molecule has 3 aromatic rings. The fourth-order valence-corrected chi connectivity index (χ4v) is 4.26. The number of nitrogens with zero attached hydrogens (tertiary/aromatic N) is 5. The van der Waals surface area contributed by atoms with Gasteiger partial charge in [-0.15, -0.1) is 0 Å². The molecule has 0 aromatic carbocycles. The predicted molar refractivity (Wildman–Crippen MR) is 106 cm³/mol. The topological polar surface area (TPSA) is 67.4 Å². The maximum absolute atomic E-state index is 9.38. The van der Waals surface area contributed by atoms with Crippen molar-refractivity contribution in [3.63, 3.8) is 0 Å². The Morgan fingerprint density at radius 3 is 2.70 bits per heavy atom. The third-order valence-electron chi connectivity index (χ3n) is 5.56. The molecule has 27 heavy (non-hydrogen) atoms. The molecule has 0 atom stereocenters. The summed E-state index contributed by atoms with van der Waals surface area (Å²) < 4.78 is 2.27. The van der Waals surface area contributed by atoms with Gasteiger partial charge >= 0.3 is 0 Å². The quantitative estimate of drug-likeness (QED) is 0.630. The summed E-state index contributed by atoms with van der Waals surface area (Å²) in [4.78, 5) is 13.2. The zero-order valence-electron chi connectivity index (χ0n) is 15.6. The van der Waals surface area contributed by atoms with Crippen LogP contribution in [-0.2, 0) is 6.54 Å². The standard InChI is InChI=1S/C21H22ClN5/c1-13-3-5-15(6-4-13)12-27-11-14(2)19-21(27)20(26-18(8-23)25-19)16-7-17(22)10-24-9-16/h7,9-11,13,15H,3-6,12H2,1-2H3. The molecule has 0 radical (unpaired) electrons. The minimum absolute atomic E-state index is 0.171. The van der Waals surface area contributed by atoms with E-state index in [-0.39, 0.29) is 5.82 Å². The molecule has 5 nitrogen and oxygen atoms in total. The zero-order valence-corrected chi connectivity index (χ0v) is 16.4. The Labute approximate surface area is 164 Å². The molecule has 0 amide bonds. The number of nitriles is 1. The van der Waals surface area contributed by atoms with Crippen LogP contribution < -0.4 is 0 Å². The van der Waals surface area contributed by atoms with Crippen molar-refractivity contribution in [3.8, 4) is 17.3 Å². The number of halogens is 1. The van der Waals surface area contributed by atoms with Crippen LogP contribution in [0, 0.1) is 30.1 Å². The van der Waals surface area contributed by atoms with E-state index in [1.165, 1.54) is 25.7 Å². The van der Waals surface area contributed by atoms with Gasteiger partial charge in [0.1, 0.15) is 11.8 Å². The maximum atomic E-state index is 9.38. The van der Waals surface area contributed by atoms with Crippen molar-refractivity contribution in [2.45, 2.75) is 46.1 Å². The molecule has 0 saturated heterocycles. The fraction of sp³-hybridized carbons (Fsp3) is 0.429. The van der Waals surface area contributed by atoms with Crippen LogP contribution in [0.3, 0.4) is 0 Å². The molecule has 6 heteroatoms. The van der Waals surface area contributed by atoms with Crippen molar-refractivity contribution in [3.05, 3.63) is 41.1 Å². The molecule has 0 aliphatic heterocycles. The highest BCUT2D eigenvalue weighted by atomic mass is 35.5. The molecule has 1 fully saturated rings. The van der Waals surface area contributed by atoms with Gasteiger partial charge in [0.25, 0.3) is 0 Å². The summed E-state index contributed by atoms with van der Waals surface area (Å²) in [6.07, 6.45) is 10.6. The van der Waals surface area contributed by atoms with Crippen LogP contribution in [0.4, 0.5) is 0 Å². The fourth-order valence-electron chi connectivity index (χ4n) is 4.09. The summed E-state index contributed by atoms with van der Waals surface area (Å²) in [5.41, 5.74) is 4.39. The zero-order chi connectivity index (χ0) is 19.0. The molecule has 1 saturated carbocycles. The molecule has 0 unspecified atom stereocenters. The van der Waals surface area contributed by atoms with E-state index in [0.717, 1.165) is 40.3 Å². The average molecular weight is 380 g/mol. The van der Waals surface area contributed by atoms with E-state index < -0.39 is 0 Å². The van der Waals surface area contributed by atoms with Gasteiger partial charge in [-0.2, -0.15) is 5.26 Å². The number of pyridine rings is 1. The summed E-state index contributed by atoms with van der Waals surface area (Å²) in [5, 5.41) is 9.93. The summed E-state index contributed by atoms with van der Waals surface area (Å²) >= 11 is 6.16. The lowest BCUT2D eigenvalue weighted by atomic mass is 9.83. The smallest absolute Gasteiger partial charge is 0.233 e. The van der Waals surface area contributed by atoms with E-state index in [0.29, 0.717) is 10.9 Å². The summed E-state index contributed by atoms with van der Waals surface area (Å²) in [6.45, 7) is 5.33. The molecule has 3 heterocycles. The predicted octanol–water partition coefficient (Wildman–Crippen LogP) is 5.15. The number of fused-ring (bicyclic) bond motifs is 1. The van der Waals surface area contributed by atoms with Gasteiger partial charge in [0, 0.05) is 30.7 Å². The summed E-state index contributed by atoms with van der Waals surface area (Å²) in [5.74, 6) is 1.67. The number of aryl methyl sites for hydroxylation is 1. The Morgan fingerprint density at radius 2 is 2.00 bits per heavy atom. The van der Waals surface area contributed by atoms with Crippen LogP contribution in [0.2, 0.25) is 5.02 Å². The average Bonchev–Trinajstić information content (AvgIpc) is 2.98. The summed E-state index contributed by atoms with van der Waals surface area (Å²) in [7, 11) is 0. The van der Waals surface area contributed by atoms with Crippen molar-refractivity contribution in [2.75, 3.05) is 0 Å². The number of hydrogen-bond acceptors (Lipinski definition) is 4. The van der Waals surface area contributed by atoms with Gasteiger partial charge in [0.2, 0.25) is 5.82 Å². The van der Waals surface area contributed by atoms with Gasteiger partial charge in [0.15, 0.2) is 0 Å². The Kier molecular flexibility index (Phi) is 4.84. The second kappa shape index (κ2) is 7.28. The van der Waals surface area contributed by atoms with Crippen molar-refractivity contribution >= 4 is 22.6 Å². The number of hydrogen-bond donors (Lipinski definition) is 0. The third-order valence-corrected chi connectivity index (χ3v) is 5.77. The largest absolute Gasteiger partial charge is 0.344 e. The van der Waals surface area contributed by atoms with Crippen molar-refractivity contribution in [2.24, 2.45) is 11.8 Å². The molecule has 0 bridgehead atoms. The molecule has 3 aromatic heterocycles. The molecular formula is C21H22ClN5. The minimum atomic E-state index is 0.171.